The zero-order valence-electron chi connectivity index (χ0n) is 24.1. The number of ether oxygens (including phenoxy) is 2. The average molecular weight is 547 g/mol. The molecule has 0 aliphatic heterocycles. The van der Waals surface area contributed by atoms with E-state index in [1.54, 1.807) is 0 Å². The molecule has 4 aromatic rings. The third-order valence-electron chi connectivity index (χ3n) is 9.61. The molecule has 4 N–H and O–H groups in total. The van der Waals surface area contributed by atoms with Gasteiger partial charge in [0, 0.05) is 28.9 Å². The first-order valence-corrected chi connectivity index (χ1v) is 15.2. The molecule has 2 saturated carbocycles. The highest BCUT2D eigenvalue weighted by molar-refractivity contribution is 5.48. The summed E-state index contributed by atoms with van der Waals surface area (Å²) < 4.78 is 12.2. The zero-order chi connectivity index (χ0) is 28.2. The van der Waals surface area contributed by atoms with Gasteiger partial charge < -0.3 is 20.9 Å². The molecular formula is C37H42N2O2. The molecule has 4 aromatic carbocycles. The molecule has 41 heavy (non-hydrogen) atoms. The van der Waals surface area contributed by atoms with Gasteiger partial charge in [0.05, 0.1) is 0 Å². The lowest BCUT2D eigenvalue weighted by molar-refractivity contribution is 0.147. The molecule has 212 valence electrons. The molecule has 0 saturated heterocycles. The normalized spacial score (nSPS) is 20.8. The van der Waals surface area contributed by atoms with Gasteiger partial charge >= 0.3 is 0 Å². The van der Waals surface area contributed by atoms with Crippen molar-refractivity contribution in [2.75, 3.05) is 11.5 Å². The molecule has 4 nitrogen and oxygen atoms in total. The van der Waals surface area contributed by atoms with Crippen LogP contribution in [0.25, 0.3) is 0 Å². The summed E-state index contributed by atoms with van der Waals surface area (Å²) in [5, 5.41) is 0. The van der Waals surface area contributed by atoms with Crippen molar-refractivity contribution in [2.24, 2.45) is 17.8 Å². The lowest BCUT2D eigenvalue weighted by atomic mass is 9.60. The Bertz CT molecular complexity index is 1340. The predicted molar refractivity (Wildman–Crippen MR) is 169 cm³/mol. The number of hydrogen-bond donors (Lipinski definition) is 2. The van der Waals surface area contributed by atoms with Crippen molar-refractivity contribution in [3.63, 3.8) is 0 Å². The molecule has 4 heteroatoms. The van der Waals surface area contributed by atoms with Gasteiger partial charge in [0.2, 0.25) is 0 Å². The molecule has 0 radical (unpaired) electrons. The summed E-state index contributed by atoms with van der Waals surface area (Å²) in [4.78, 5) is 0. The van der Waals surface area contributed by atoms with Crippen LogP contribution in [-0.4, -0.2) is 0 Å². The predicted octanol–water partition coefficient (Wildman–Crippen LogP) is 9.74. The summed E-state index contributed by atoms with van der Waals surface area (Å²) in [6.45, 7) is 2.42. The van der Waals surface area contributed by atoms with Gasteiger partial charge in [-0.15, -0.1) is 0 Å². The molecule has 0 spiro atoms. The van der Waals surface area contributed by atoms with Crippen molar-refractivity contribution in [3.05, 3.63) is 108 Å². The molecule has 0 heterocycles. The molecule has 0 amide bonds. The van der Waals surface area contributed by atoms with Crippen LogP contribution in [0.5, 0.6) is 23.0 Å². The SMILES string of the molecule is C[C@H]1CC[C@H](C2CCC(c3ccc(Oc4cccc(N)c4)cc3)(c3ccc(Oc4cccc(N)c4)cc3)CC2)CC1. The monoisotopic (exact) mass is 546 g/mol. The number of rotatable bonds is 7. The molecule has 0 unspecified atom stereocenters. The number of benzene rings is 4. The highest BCUT2D eigenvalue weighted by Gasteiger charge is 2.40. The van der Waals surface area contributed by atoms with Crippen molar-refractivity contribution < 1.29 is 9.47 Å². The van der Waals surface area contributed by atoms with Gasteiger partial charge in [-0.25, -0.2) is 0 Å². The third kappa shape index (κ3) is 6.22. The fourth-order valence-electron chi connectivity index (χ4n) is 7.22. The number of nitrogen functional groups attached to an aromatic ring is 2. The molecule has 0 atom stereocenters. The van der Waals surface area contributed by atoms with E-state index >= 15 is 0 Å². The molecule has 2 aliphatic rings. The Morgan fingerprint density at radius 1 is 0.537 bits per heavy atom. The van der Waals surface area contributed by atoms with Gasteiger partial charge in [0.25, 0.3) is 0 Å². The summed E-state index contributed by atoms with van der Waals surface area (Å²) >= 11 is 0. The number of hydrogen-bond acceptors (Lipinski definition) is 4. The second-order valence-electron chi connectivity index (χ2n) is 12.3. The van der Waals surface area contributed by atoms with Crippen molar-refractivity contribution in [1.82, 2.24) is 0 Å². The molecule has 0 aromatic heterocycles. The van der Waals surface area contributed by atoms with E-state index in [-0.39, 0.29) is 5.41 Å². The maximum absolute atomic E-state index is 6.12. The minimum Gasteiger partial charge on any atom is -0.457 e. The minimum atomic E-state index is -0.0239. The lowest BCUT2D eigenvalue weighted by Crippen LogP contribution is -2.35. The number of anilines is 2. The smallest absolute Gasteiger partial charge is 0.129 e. The zero-order valence-corrected chi connectivity index (χ0v) is 24.1. The van der Waals surface area contributed by atoms with E-state index in [0.717, 1.165) is 53.6 Å². The first-order valence-electron chi connectivity index (χ1n) is 15.2. The van der Waals surface area contributed by atoms with Crippen LogP contribution in [0, 0.1) is 17.8 Å². The van der Waals surface area contributed by atoms with E-state index < -0.39 is 0 Å². The first kappa shape index (κ1) is 27.3. The Morgan fingerprint density at radius 3 is 1.41 bits per heavy atom. The quantitative estimate of drug-likeness (QED) is 0.226. The first-order chi connectivity index (χ1) is 20.0. The summed E-state index contributed by atoms with van der Waals surface area (Å²) in [5.41, 5.74) is 16.0. The Labute approximate surface area is 244 Å². The number of nitrogens with two attached hydrogens (primary N) is 2. The van der Waals surface area contributed by atoms with E-state index in [1.165, 1.54) is 49.7 Å². The topological polar surface area (TPSA) is 70.5 Å². The van der Waals surface area contributed by atoms with Crippen molar-refractivity contribution >= 4 is 11.4 Å². The van der Waals surface area contributed by atoms with Crippen LogP contribution in [-0.2, 0) is 5.41 Å². The average Bonchev–Trinajstić information content (AvgIpc) is 2.99. The summed E-state index contributed by atoms with van der Waals surface area (Å²) in [6.07, 6.45) is 10.5. The van der Waals surface area contributed by atoms with Crippen molar-refractivity contribution in [1.29, 1.82) is 0 Å². The minimum absolute atomic E-state index is 0.0239. The third-order valence-corrected chi connectivity index (χ3v) is 9.61. The van der Waals surface area contributed by atoms with Gasteiger partial charge in [-0.1, -0.05) is 56.2 Å². The Kier molecular flexibility index (Phi) is 7.91. The maximum Gasteiger partial charge on any atom is 0.129 e. The van der Waals surface area contributed by atoms with Gasteiger partial charge in [-0.2, -0.15) is 0 Å². The van der Waals surface area contributed by atoms with Crippen molar-refractivity contribution in [3.8, 4) is 23.0 Å². The van der Waals surface area contributed by atoms with Crippen LogP contribution in [0.4, 0.5) is 11.4 Å². The molecule has 2 fully saturated rings. The molecule has 6 rings (SSSR count). The summed E-state index contributed by atoms with van der Waals surface area (Å²) in [5.74, 6) is 5.79. The Morgan fingerprint density at radius 2 is 0.976 bits per heavy atom. The molecular weight excluding hydrogens is 504 g/mol. The van der Waals surface area contributed by atoms with Crippen LogP contribution in [0.15, 0.2) is 97.1 Å². The molecule has 0 bridgehead atoms. The second-order valence-corrected chi connectivity index (χ2v) is 12.3. The summed E-state index contributed by atoms with van der Waals surface area (Å²) in [6, 6.07) is 32.6. The lowest BCUT2D eigenvalue weighted by Gasteiger charge is -2.44. The second kappa shape index (κ2) is 11.9. The van der Waals surface area contributed by atoms with Crippen LogP contribution in [0.2, 0.25) is 0 Å². The van der Waals surface area contributed by atoms with E-state index in [1.807, 2.05) is 48.5 Å². The summed E-state index contributed by atoms with van der Waals surface area (Å²) in [7, 11) is 0. The van der Waals surface area contributed by atoms with Crippen LogP contribution >= 0.6 is 0 Å². The Balaban J connectivity index is 1.25. The fraction of sp³-hybridized carbons (Fsp3) is 0.351. The van der Waals surface area contributed by atoms with Crippen LogP contribution < -0.4 is 20.9 Å². The van der Waals surface area contributed by atoms with E-state index in [9.17, 15) is 0 Å². The molecule has 2 aliphatic carbocycles. The Hall–Kier alpha value is -3.92. The van der Waals surface area contributed by atoms with Crippen molar-refractivity contribution in [2.45, 2.75) is 63.7 Å². The highest BCUT2D eigenvalue weighted by atomic mass is 16.5. The van der Waals surface area contributed by atoms with Gasteiger partial charge in [-0.05, 0) is 116 Å². The van der Waals surface area contributed by atoms with Gasteiger partial charge in [-0.3, -0.25) is 0 Å². The van der Waals surface area contributed by atoms with Crippen LogP contribution in [0.1, 0.15) is 69.4 Å². The largest absolute Gasteiger partial charge is 0.457 e. The van der Waals surface area contributed by atoms with Gasteiger partial charge in [0.1, 0.15) is 23.0 Å². The van der Waals surface area contributed by atoms with E-state index in [4.69, 9.17) is 20.9 Å². The fourth-order valence-corrected chi connectivity index (χ4v) is 7.22. The maximum atomic E-state index is 6.12. The highest BCUT2D eigenvalue weighted by Crippen LogP contribution is 2.50. The van der Waals surface area contributed by atoms with E-state index in [2.05, 4.69) is 55.5 Å². The standard InChI is InChI=1S/C37H42N2O2/c1-26-8-10-27(11-9-26)28-20-22-37(23-21-28,29-12-16-33(17-13-29)40-35-6-2-4-31(38)24-35)30-14-18-34(19-15-30)41-36-7-3-5-32(39)25-36/h2-7,12-19,24-28H,8-11,20-23,38-39H2,1H3/t26-,27-. The van der Waals surface area contributed by atoms with Gasteiger partial charge in [0.15, 0.2) is 0 Å². The van der Waals surface area contributed by atoms with Crippen LogP contribution in [0.3, 0.4) is 0 Å². The van der Waals surface area contributed by atoms with E-state index in [0.29, 0.717) is 11.4 Å².